The second-order valence-corrected chi connectivity index (χ2v) is 7.51. The maximum Gasteiger partial charge on any atom is 0.273 e. The summed E-state index contributed by atoms with van der Waals surface area (Å²) in [6.07, 6.45) is 0. The van der Waals surface area contributed by atoms with E-state index in [-0.39, 0.29) is 5.91 Å². The van der Waals surface area contributed by atoms with Gasteiger partial charge in [-0.1, -0.05) is 66.7 Å². The van der Waals surface area contributed by atoms with Crippen LogP contribution < -0.4 is 10.7 Å². The Labute approximate surface area is 186 Å². The van der Waals surface area contributed by atoms with Gasteiger partial charge in [-0.15, -0.1) is 0 Å². The Hall–Kier alpha value is -4.25. The van der Waals surface area contributed by atoms with Crippen molar-refractivity contribution in [1.82, 2.24) is 5.43 Å². The van der Waals surface area contributed by atoms with Crippen LogP contribution in [-0.2, 0) is 0 Å². The smallest absolute Gasteiger partial charge is 0.273 e. The van der Waals surface area contributed by atoms with E-state index in [1.807, 2.05) is 68.4 Å². The fourth-order valence-corrected chi connectivity index (χ4v) is 3.48. The number of carbonyl (C=O) groups is 2. The molecule has 0 spiro atoms. The van der Waals surface area contributed by atoms with E-state index in [9.17, 15) is 9.59 Å². The van der Waals surface area contributed by atoms with Gasteiger partial charge >= 0.3 is 0 Å². The van der Waals surface area contributed by atoms with Crippen LogP contribution in [0.3, 0.4) is 0 Å². The van der Waals surface area contributed by atoms with Crippen molar-refractivity contribution in [3.63, 3.8) is 0 Å². The van der Waals surface area contributed by atoms with Crippen LogP contribution in [-0.4, -0.2) is 17.5 Å². The summed E-state index contributed by atoms with van der Waals surface area (Å²) in [6.45, 7) is 3.72. The number of rotatable bonds is 5. The van der Waals surface area contributed by atoms with E-state index in [0.29, 0.717) is 22.5 Å². The highest BCUT2D eigenvalue weighted by molar-refractivity contribution is 6.10. The number of carbonyl (C=O) groups excluding carboxylic acids is 2. The molecular weight excluding hydrogens is 398 g/mol. The molecule has 5 nitrogen and oxygen atoms in total. The minimum atomic E-state index is -0.397. The van der Waals surface area contributed by atoms with Gasteiger partial charge in [0.1, 0.15) is 0 Å². The van der Waals surface area contributed by atoms with Gasteiger partial charge in [0, 0.05) is 5.56 Å². The lowest BCUT2D eigenvalue weighted by Gasteiger charge is -2.11. The largest absolute Gasteiger partial charge is 0.321 e. The van der Waals surface area contributed by atoms with E-state index in [1.54, 1.807) is 30.3 Å². The molecule has 2 amide bonds. The number of hydrazone groups is 1. The SMILES string of the molecule is C/C(=N\NC(=O)c1ccccc1NC(=O)c1ccccc1C)c1ccc2ccccc2c1. The standard InChI is InChI=1S/C27H23N3O2/c1-18-9-3-6-12-23(18)26(31)28-25-14-8-7-13-24(25)27(32)30-29-19(2)21-16-15-20-10-4-5-11-22(20)17-21/h3-17H,1-2H3,(H,28,31)(H,30,32)/b29-19+. The third-order valence-corrected chi connectivity index (χ3v) is 5.30. The molecule has 4 rings (SSSR count). The highest BCUT2D eigenvalue weighted by Gasteiger charge is 2.15. The molecule has 0 unspecified atom stereocenters. The molecule has 5 heteroatoms. The molecule has 0 radical (unpaired) electrons. The number of hydrogen-bond donors (Lipinski definition) is 2. The molecule has 0 atom stereocenters. The summed E-state index contributed by atoms with van der Waals surface area (Å²) in [6, 6.07) is 28.3. The Balaban J connectivity index is 1.52. The monoisotopic (exact) mass is 421 g/mol. The van der Waals surface area contributed by atoms with E-state index in [4.69, 9.17) is 0 Å². The molecule has 0 saturated heterocycles. The van der Waals surface area contributed by atoms with E-state index in [0.717, 1.165) is 21.9 Å². The summed E-state index contributed by atoms with van der Waals surface area (Å²) < 4.78 is 0. The van der Waals surface area contributed by atoms with Gasteiger partial charge in [-0.05, 0) is 60.0 Å². The van der Waals surface area contributed by atoms with Crippen LogP contribution in [0, 0.1) is 6.92 Å². The number of anilines is 1. The molecule has 32 heavy (non-hydrogen) atoms. The number of nitrogens with zero attached hydrogens (tertiary/aromatic N) is 1. The van der Waals surface area contributed by atoms with Crippen LogP contribution in [0.5, 0.6) is 0 Å². The first kappa shape index (κ1) is 21.0. The molecule has 0 heterocycles. The zero-order chi connectivity index (χ0) is 22.5. The summed E-state index contributed by atoms with van der Waals surface area (Å²) in [5.74, 6) is -0.662. The van der Waals surface area contributed by atoms with E-state index >= 15 is 0 Å². The Morgan fingerprint density at radius 1 is 0.719 bits per heavy atom. The van der Waals surface area contributed by atoms with Crippen LogP contribution in [0.15, 0.2) is 96.1 Å². The summed E-state index contributed by atoms with van der Waals surface area (Å²) in [7, 11) is 0. The molecule has 0 bridgehead atoms. The molecule has 0 aromatic heterocycles. The number of amides is 2. The van der Waals surface area contributed by atoms with Crippen molar-refractivity contribution >= 4 is 34.0 Å². The van der Waals surface area contributed by atoms with Gasteiger partial charge in [-0.25, -0.2) is 5.43 Å². The average molecular weight is 422 g/mol. The predicted molar refractivity (Wildman–Crippen MR) is 129 cm³/mol. The minimum Gasteiger partial charge on any atom is -0.321 e. The van der Waals surface area contributed by atoms with Gasteiger partial charge in [0.15, 0.2) is 0 Å². The second-order valence-electron chi connectivity index (χ2n) is 7.51. The van der Waals surface area contributed by atoms with Crippen molar-refractivity contribution in [2.75, 3.05) is 5.32 Å². The first-order valence-electron chi connectivity index (χ1n) is 10.3. The number of benzene rings is 4. The quantitative estimate of drug-likeness (QED) is 0.327. The molecule has 4 aromatic carbocycles. The van der Waals surface area contributed by atoms with Crippen molar-refractivity contribution in [3.05, 3.63) is 113 Å². The molecule has 0 aliphatic rings. The van der Waals surface area contributed by atoms with Crippen molar-refractivity contribution in [3.8, 4) is 0 Å². The van der Waals surface area contributed by atoms with Gasteiger partial charge in [0.25, 0.3) is 11.8 Å². The van der Waals surface area contributed by atoms with Crippen LogP contribution in [0.25, 0.3) is 10.8 Å². The maximum atomic E-state index is 12.8. The Bertz CT molecular complexity index is 1340. The Morgan fingerprint density at radius 2 is 1.38 bits per heavy atom. The fraction of sp³-hybridized carbons (Fsp3) is 0.0741. The lowest BCUT2D eigenvalue weighted by molar-refractivity contribution is 0.0955. The summed E-state index contributed by atoms with van der Waals surface area (Å²) in [4.78, 5) is 25.5. The molecule has 158 valence electrons. The zero-order valence-corrected chi connectivity index (χ0v) is 17.9. The third kappa shape index (κ3) is 4.57. The molecular formula is C27H23N3O2. The Kier molecular flexibility index (Phi) is 6.08. The van der Waals surface area contributed by atoms with Crippen molar-refractivity contribution in [2.24, 2.45) is 5.10 Å². The Morgan fingerprint density at radius 3 is 2.16 bits per heavy atom. The van der Waals surface area contributed by atoms with Gasteiger partial charge in [-0.2, -0.15) is 5.10 Å². The number of para-hydroxylation sites is 1. The summed E-state index contributed by atoms with van der Waals surface area (Å²) in [5, 5.41) is 9.37. The van der Waals surface area contributed by atoms with Gasteiger partial charge in [-0.3, -0.25) is 9.59 Å². The topological polar surface area (TPSA) is 70.6 Å². The van der Waals surface area contributed by atoms with Crippen LogP contribution >= 0.6 is 0 Å². The third-order valence-electron chi connectivity index (χ3n) is 5.30. The first-order valence-corrected chi connectivity index (χ1v) is 10.3. The molecule has 2 N–H and O–H groups in total. The normalized spacial score (nSPS) is 11.2. The average Bonchev–Trinajstić information content (AvgIpc) is 2.82. The lowest BCUT2D eigenvalue weighted by atomic mass is 10.0. The fourth-order valence-electron chi connectivity index (χ4n) is 3.48. The molecule has 0 aliphatic heterocycles. The number of nitrogens with one attached hydrogen (secondary N) is 2. The minimum absolute atomic E-state index is 0.265. The van der Waals surface area contributed by atoms with Crippen LogP contribution in [0.1, 0.15) is 38.8 Å². The maximum absolute atomic E-state index is 12.8. The lowest BCUT2D eigenvalue weighted by Crippen LogP contribution is -2.22. The van der Waals surface area contributed by atoms with Crippen LogP contribution in [0.4, 0.5) is 5.69 Å². The van der Waals surface area contributed by atoms with E-state index in [2.05, 4.69) is 21.9 Å². The summed E-state index contributed by atoms with van der Waals surface area (Å²) in [5.41, 5.74) is 6.41. The van der Waals surface area contributed by atoms with E-state index < -0.39 is 5.91 Å². The molecule has 0 aliphatic carbocycles. The van der Waals surface area contributed by atoms with Gasteiger partial charge in [0.05, 0.1) is 17.0 Å². The number of fused-ring (bicyclic) bond motifs is 1. The second kappa shape index (κ2) is 9.27. The zero-order valence-electron chi connectivity index (χ0n) is 17.9. The van der Waals surface area contributed by atoms with Crippen molar-refractivity contribution in [1.29, 1.82) is 0 Å². The van der Waals surface area contributed by atoms with Crippen molar-refractivity contribution < 1.29 is 9.59 Å². The molecule has 4 aromatic rings. The number of hydrogen-bond acceptors (Lipinski definition) is 3. The van der Waals surface area contributed by atoms with Gasteiger partial charge < -0.3 is 5.32 Å². The first-order chi connectivity index (χ1) is 15.5. The highest BCUT2D eigenvalue weighted by atomic mass is 16.2. The summed E-state index contributed by atoms with van der Waals surface area (Å²) >= 11 is 0. The van der Waals surface area contributed by atoms with E-state index in [1.165, 1.54) is 0 Å². The molecule has 0 saturated carbocycles. The van der Waals surface area contributed by atoms with Crippen molar-refractivity contribution in [2.45, 2.75) is 13.8 Å². The highest BCUT2D eigenvalue weighted by Crippen LogP contribution is 2.18. The number of aryl methyl sites for hydroxylation is 1. The molecule has 0 fully saturated rings. The van der Waals surface area contributed by atoms with Crippen LogP contribution in [0.2, 0.25) is 0 Å². The predicted octanol–water partition coefficient (Wildman–Crippen LogP) is 5.55. The van der Waals surface area contributed by atoms with Gasteiger partial charge in [0.2, 0.25) is 0 Å².